The lowest BCUT2D eigenvalue weighted by atomic mass is 9.85. The van der Waals surface area contributed by atoms with Gasteiger partial charge in [-0.25, -0.2) is 19.3 Å². The topological polar surface area (TPSA) is 240 Å². The molecule has 3 aliphatic rings. The van der Waals surface area contributed by atoms with Gasteiger partial charge in [-0.05, 0) is 67.3 Å². The quantitative estimate of drug-likeness (QED) is 0.0438. The summed E-state index contributed by atoms with van der Waals surface area (Å²) < 4.78 is 40.0. The molecule has 9 rings (SSSR count). The molecule has 1 saturated carbocycles. The van der Waals surface area contributed by atoms with Crippen LogP contribution in [0.25, 0.3) is 27.3 Å². The van der Waals surface area contributed by atoms with Gasteiger partial charge in [0.05, 0.1) is 105 Å². The van der Waals surface area contributed by atoms with E-state index >= 15 is 4.39 Å². The molecule has 80 heavy (non-hydrogen) atoms. The Morgan fingerprint density at radius 3 is 2.14 bits per heavy atom. The Hall–Kier alpha value is -7.18. The van der Waals surface area contributed by atoms with Crippen LogP contribution < -0.4 is 16.0 Å². The fourth-order valence-corrected chi connectivity index (χ4v) is 10.6. The van der Waals surface area contributed by atoms with Crippen molar-refractivity contribution in [3.05, 3.63) is 101 Å². The molecule has 2 aromatic carbocycles. The van der Waals surface area contributed by atoms with Crippen molar-refractivity contribution in [1.29, 1.82) is 0 Å². The zero-order valence-corrected chi connectivity index (χ0v) is 46.7. The van der Waals surface area contributed by atoms with Crippen molar-refractivity contribution in [2.75, 3.05) is 90.9 Å². The summed E-state index contributed by atoms with van der Waals surface area (Å²) in [6, 6.07) is 10.9. The number of piperazine rings is 1. The SMILES string of the molecule is Cc1ncsc1-c1ccc(CNC(=O)[C@@H]2CCCN2C(=O)[C@@H](NC(=O)CCOCCOCCOCCOCCC(=O)N2CCN(C(=O)c3ccc(Nc4nc(C5CC5)cn5c(-c6cn[nH]c6)cnc45)c(F)c3)CC2)C(C)(C)C)cc1. The number of ether oxygens (including phenoxy) is 4. The average molecular weight is 1120 g/mol. The molecule has 21 nitrogen and oxygen atoms in total. The largest absolute Gasteiger partial charge is 0.379 e. The number of hydrogen-bond acceptors (Lipinski definition) is 15. The van der Waals surface area contributed by atoms with Gasteiger partial charge in [0.15, 0.2) is 11.5 Å². The number of aryl methyl sites for hydroxylation is 1. The molecular formula is C57H71FN12O9S. The number of thiazole rings is 1. The number of rotatable bonds is 26. The molecule has 4 N–H and O–H groups in total. The molecule has 6 heterocycles. The predicted molar refractivity (Wildman–Crippen MR) is 297 cm³/mol. The van der Waals surface area contributed by atoms with Crippen molar-refractivity contribution in [2.45, 2.75) is 90.8 Å². The van der Waals surface area contributed by atoms with Crippen molar-refractivity contribution in [1.82, 2.24) is 54.9 Å². The van der Waals surface area contributed by atoms with Gasteiger partial charge in [0.1, 0.15) is 17.9 Å². The van der Waals surface area contributed by atoms with Gasteiger partial charge in [-0.3, -0.25) is 33.5 Å². The van der Waals surface area contributed by atoms with Crippen LogP contribution in [0.1, 0.15) is 92.5 Å². The average Bonchev–Trinajstić information content (AvgIpc) is 3.87. The minimum Gasteiger partial charge on any atom is -0.379 e. The van der Waals surface area contributed by atoms with E-state index in [1.807, 2.05) is 68.1 Å². The van der Waals surface area contributed by atoms with E-state index in [4.69, 9.17) is 23.9 Å². The Bertz CT molecular complexity index is 3080. The van der Waals surface area contributed by atoms with Crippen molar-refractivity contribution < 1.29 is 47.3 Å². The number of likely N-dealkylation sites (tertiary alicyclic amines) is 1. The van der Waals surface area contributed by atoms with E-state index in [1.165, 1.54) is 12.1 Å². The summed E-state index contributed by atoms with van der Waals surface area (Å²) in [5.41, 5.74) is 7.73. The van der Waals surface area contributed by atoms with Gasteiger partial charge in [0.2, 0.25) is 23.6 Å². The maximum atomic E-state index is 15.6. The van der Waals surface area contributed by atoms with E-state index < -0.39 is 23.3 Å². The van der Waals surface area contributed by atoms with Gasteiger partial charge in [-0.2, -0.15) is 5.10 Å². The number of aromatic amines is 1. The third-order valence-electron chi connectivity index (χ3n) is 14.4. The Labute approximate surface area is 468 Å². The lowest BCUT2D eigenvalue weighted by Gasteiger charge is -2.35. The number of fused-ring (bicyclic) bond motifs is 1. The standard InChI is InChI=1S/C57H71FN12O9S/c1-37-50(80-36-61-37)40-9-7-38(8-10-40)31-60-54(73)46-6-5-17-69(46)56(75)51(57(2,3)4)66-48(71)15-22-76-24-26-78-28-29-79-27-25-77-23-16-49(72)67-18-20-68(21-19-67)55(74)41-13-14-44(43(58)30-41)64-52-53-59-34-47(42-32-62-63-33-42)70(53)35-45(65-52)39-11-12-39/h7-10,13-14,30,32-36,39,46,51H,5-6,11-12,15-29,31H2,1-4H3,(H,60,73)(H,62,63)(H,64,65)(H,66,71)/t46-,51+/m0/s1. The summed E-state index contributed by atoms with van der Waals surface area (Å²) in [6.07, 6.45) is 10.8. The number of H-pyrrole nitrogens is 1. The second-order valence-electron chi connectivity index (χ2n) is 21.3. The molecule has 0 radical (unpaired) electrons. The van der Waals surface area contributed by atoms with Crippen molar-refractivity contribution in [3.8, 4) is 21.7 Å². The number of anilines is 2. The zero-order valence-electron chi connectivity index (χ0n) is 45.8. The van der Waals surface area contributed by atoms with Gasteiger partial charge in [-0.1, -0.05) is 45.0 Å². The smallest absolute Gasteiger partial charge is 0.254 e. The number of hydrogen-bond donors (Lipinski definition) is 4. The van der Waals surface area contributed by atoms with Gasteiger partial charge in [-0.15, -0.1) is 11.3 Å². The van der Waals surface area contributed by atoms with Crippen LogP contribution in [0.3, 0.4) is 0 Å². The predicted octanol–water partition coefficient (Wildman–Crippen LogP) is 6.28. The number of imidazole rings is 1. The van der Waals surface area contributed by atoms with Crippen molar-refractivity contribution in [3.63, 3.8) is 0 Å². The number of nitrogens with one attached hydrogen (secondary N) is 4. The van der Waals surface area contributed by atoms with Gasteiger partial charge in [0, 0.05) is 75.1 Å². The highest BCUT2D eigenvalue weighted by molar-refractivity contribution is 7.13. The minimum absolute atomic E-state index is 0.0538. The molecule has 2 aliphatic heterocycles. The zero-order chi connectivity index (χ0) is 56.2. The minimum atomic E-state index is -0.828. The number of carbonyl (C=O) groups is 5. The Balaban J connectivity index is 0.592. The van der Waals surface area contributed by atoms with E-state index in [0.29, 0.717) is 103 Å². The van der Waals surface area contributed by atoms with Gasteiger partial charge >= 0.3 is 0 Å². The van der Waals surface area contributed by atoms with Crippen molar-refractivity contribution in [2.24, 2.45) is 5.41 Å². The lowest BCUT2D eigenvalue weighted by Crippen LogP contribution is -2.57. The number of amides is 5. The van der Waals surface area contributed by atoms with Crippen LogP contribution in [-0.4, -0.2) is 171 Å². The highest BCUT2D eigenvalue weighted by Crippen LogP contribution is 2.41. The number of halogens is 1. The number of carbonyl (C=O) groups excluding carboxylic acids is 5. The normalized spacial score (nSPS) is 16.1. The van der Waals surface area contributed by atoms with E-state index in [1.54, 1.807) is 50.7 Å². The second-order valence-corrected chi connectivity index (χ2v) is 22.1. The molecule has 0 spiro atoms. The maximum absolute atomic E-state index is 15.6. The third kappa shape index (κ3) is 14.8. The van der Waals surface area contributed by atoms with Crippen LogP contribution in [0.4, 0.5) is 15.9 Å². The first kappa shape index (κ1) is 57.5. The number of nitrogens with zero attached hydrogens (tertiary/aromatic N) is 8. The van der Waals surface area contributed by atoms with E-state index in [-0.39, 0.29) is 73.4 Å². The molecule has 2 saturated heterocycles. The molecule has 6 aromatic rings. The molecule has 426 valence electrons. The van der Waals surface area contributed by atoms with Crippen LogP contribution in [0.5, 0.6) is 0 Å². The molecule has 0 unspecified atom stereocenters. The maximum Gasteiger partial charge on any atom is 0.254 e. The van der Waals surface area contributed by atoms with Gasteiger partial charge < -0.3 is 49.6 Å². The first-order chi connectivity index (χ1) is 38.7. The summed E-state index contributed by atoms with van der Waals surface area (Å²) in [7, 11) is 0. The van der Waals surface area contributed by atoms with Crippen LogP contribution in [0.2, 0.25) is 0 Å². The molecular weight excluding hydrogens is 1050 g/mol. The van der Waals surface area contributed by atoms with Crippen LogP contribution in [-0.2, 0) is 44.7 Å². The Morgan fingerprint density at radius 1 is 0.812 bits per heavy atom. The Morgan fingerprint density at radius 2 is 1.50 bits per heavy atom. The monoisotopic (exact) mass is 1120 g/mol. The molecule has 1 aliphatic carbocycles. The summed E-state index contributed by atoms with van der Waals surface area (Å²) in [4.78, 5) is 86.5. The summed E-state index contributed by atoms with van der Waals surface area (Å²) >= 11 is 1.59. The highest BCUT2D eigenvalue weighted by Gasteiger charge is 2.42. The molecule has 5 amide bonds. The van der Waals surface area contributed by atoms with Crippen molar-refractivity contribution >= 4 is 58.0 Å². The van der Waals surface area contributed by atoms with E-state index in [2.05, 4.69) is 36.1 Å². The molecule has 23 heteroatoms. The molecule has 2 atom stereocenters. The van der Waals surface area contributed by atoms with E-state index in [0.717, 1.165) is 51.5 Å². The summed E-state index contributed by atoms with van der Waals surface area (Å²) in [6.45, 7) is 12.0. The molecule has 4 aromatic heterocycles. The first-order valence-corrected chi connectivity index (χ1v) is 28.3. The van der Waals surface area contributed by atoms with Gasteiger partial charge in [0.25, 0.3) is 5.91 Å². The summed E-state index contributed by atoms with van der Waals surface area (Å²) in [5.74, 6) is -1.05. The van der Waals surface area contributed by atoms with Crippen LogP contribution >= 0.6 is 11.3 Å². The fraction of sp³-hybridized carbons (Fsp3) is 0.491. The molecule has 0 bridgehead atoms. The molecule has 3 fully saturated rings. The fourth-order valence-electron chi connectivity index (χ4n) is 9.74. The second kappa shape index (κ2) is 26.9. The number of benzene rings is 2. The lowest BCUT2D eigenvalue weighted by molar-refractivity contribution is -0.144. The first-order valence-electron chi connectivity index (χ1n) is 27.4. The third-order valence-corrected chi connectivity index (χ3v) is 15.4. The summed E-state index contributed by atoms with van der Waals surface area (Å²) in [5, 5.41) is 15.9. The van der Waals surface area contributed by atoms with Crippen LogP contribution in [0, 0.1) is 18.2 Å². The Kier molecular flexibility index (Phi) is 19.3. The van der Waals surface area contributed by atoms with E-state index in [9.17, 15) is 24.0 Å². The highest BCUT2D eigenvalue weighted by atomic mass is 32.1. The number of aromatic nitrogens is 6. The van der Waals surface area contributed by atoms with Crippen LogP contribution in [0.15, 0.2) is 72.8 Å².